The van der Waals surface area contributed by atoms with Crippen molar-refractivity contribution < 1.29 is 23.0 Å². The summed E-state index contributed by atoms with van der Waals surface area (Å²) in [6.45, 7) is 0. The Bertz CT molecular complexity index is 854. The molecule has 1 N–H and O–H groups in total. The van der Waals surface area contributed by atoms with Crippen molar-refractivity contribution in [3.8, 4) is 23.4 Å². The van der Waals surface area contributed by atoms with E-state index in [2.05, 4.69) is 5.10 Å². The van der Waals surface area contributed by atoms with Gasteiger partial charge in [0.1, 0.15) is 5.75 Å². The third-order valence-electron chi connectivity index (χ3n) is 2.83. The molecule has 126 valence electrons. The van der Waals surface area contributed by atoms with E-state index in [0.29, 0.717) is 0 Å². The van der Waals surface area contributed by atoms with Crippen LogP contribution < -0.4 is 4.74 Å². The summed E-state index contributed by atoms with van der Waals surface area (Å²) < 4.78 is 45.4. The lowest BCUT2D eigenvalue weighted by molar-refractivity contribution is -0.141. The maximum atomic E-state index is 13.1. The first kappa shape index (κ1) is 18.0. The number of nitriles is 1. The molecule has 0 aliphatic heterocycles. The van der Waals surface area contributed by atoms with Crippen molar-refractivity contribution in [1.29, 1.82) is 5.26 Å². The SMILES string of the molecule is Cn1nc(C(F)(F)F)c(C=CC#N)c1Oc1cc(O)c(Cl)cc1Cl. The van der Waals surface area contributed by atoms with Crippen LogP contribution in [0.1, 0.15) is 11.3 Å². The molecule has 1 aromatic carbocycles. The van der Waals surface area contributed by atoms with Gasteiger partial charge in [0, 0.05) is 19.2 Å². The third-order valence-corrected chi connectivity index (χ3v) is 3.43. The Labute approximate surface area is 144 Å². The van der Waals surface area contributed by atoms with Gasteiger partial charge in [-0.15, -0.1) is 0 Å². The van der Waals surface area contributed by atoms with E-state index in [4.69, 9.17) is 33.2 Å². The molecule has 0 unspecified atom stereocenters. The fourth-order valence-electron chi connectivity index (χ4n) is 1.83. The van der Waals surface area contributed by atoms with Gasteiger partial charge in [0.05, 0.1) is 21.7 Å². The molecule has 1 heterocycles. The molecular weight excluding hydrogens is 370 g/mol. The number of aromatic nitrogens is 2. The first-order chi connectivity index (χ1) is 11.1. The molecule has 0 radical (unpaired) electrons. The number of phenols is 1. The number of rotatable bonds is 3. The second-order valence-corrected chi connectivity index (χ2v) is 5.30. The Morgan fingerprint density at radius 2 is 2.00 bits per heavy atom. The zero-order valence-corrected chi connectivity index (χ0v) is 13.4. The lowest BCUT2D eigenvalue weighted by Crippen LogP contribution is -2.08. The van der Waals surface area contributed by atoms with E-state index in [1.165, 1.54) is 13.1 Å². The highest BCUT2D eigenvalue weighted by atomic mass is 35.5. The van der Waals surface area contributed by atoms with E-state index in [1.807, 2.05) is 0 Å². The molecule has 0 aliphatic rings. The van der Waals surface area contributed by atoms with E-state index < -0.39 is 17.4 Å². The number of aromatic hydroxyl groups is 1. The number of alkyl halides is 3. The molecule has 1 aromatic heterocycles. The predicted molar refractivity (Wildman–Crippen MR) is 81.1 cm³/mol. The highest BCUT2D eigenvalue weighted by Crippen LogP contribution is 2.41. The minimum absolute atomic E-state index is 0.0252. The highest BCUT2D eigenvalue weighted by molar-refractivity contribution is 6.36. The molecule has 24 heavy (non-hydrogen) atoms. The number of benzene rings is 1. The number of halogens is 5. The van der Waals surface area contributed by atoms with Gasteiger partial charge in [-0.25, -0.2) is 4.68 Å². The Morgan fingerprint density at radius 1 is 1.33 bits per heavy atom. The van der Waals surface area contributed by atoms with Crippen LogP contribution in [0.5, 0.6) is 17.4 Å². The fraction of sp³-hybridized carbons (Fsp3) is 0.143. The van der Waals surface area contributed by atoms with Crippen LogP contribution in [0.25, 0.3) is 6.08 Å². The van der Waals surface area contributed by atoms with Crippen molar-refractivity contribution in [2.75, 3.05) is 0 Å². The molecule has 0 spiro atoms. The van der Waals surface area contributed by atoms with Gasteiger partial charge in [0.2, 0.25) is 5.88 Å². The van der Waals surface area contributed by atoms with Crippen molar-refractivity contribution in [2.24, 2.45) is 7.05 Å². The lowest BCUT2D eigenvalue weighted by Gasteiger charge is -2.10. The van der Waals surface area contributed by atoms with Gasteiger partial charge in [-0.05, 0) is 12.1 Å². The molecule has 0 aliphatic carbocycles. The van der Waals surface area contributed by atoms with Gasteiger partial charge in [-0.2, -0.15) is 23.5 Å². The molecule has 0 saturated heterocycles. The molecular formula is C14H8Cl2F3N3O2. The molecule has 0 bridgehead atoms. The summed E-state index contributed by atoms with van der Waals surface area (Å²) in [7, 11) is 1.23. The van der Waals surface area contributed by atoms with E-state index in [9.17, 15) is 18.3 Å². The molecule has 0 saturated carbocycles. The second kappa shape index (κ2) is 6.63. The Morgan fingerprint density at radius 3 is 2.58 bits per heavy atom. The predicted octanol–water partition coefficient (Wildman–Crippen LogP) is 4.78. The monoisotopic (exact) mass is 377 g/mol. The van der Waals surface area contributed by atoms with Gasteiger partial charge >= 0.3 is 6.18 Å². The summed E-state index contributed by atoms with van der Waals surface area (Å²) in [6, 6.07) is 3.84. The summed E-state index contributed by atoms with van der Waals surface area (Å²) >= 11 is 11.6. The number of hydrogen-bond acceptors (Lipinski definition) is 4. The third kappa shape index (κ3) is 3.58. The number of allylic oxidation sites excluding steroid dienone is 1. The normalized spacial score (nSPS) is 11.7. The van der Waals surface area contributed by atoms with Gasteiger partial charge in [-0.1, -0.05) is 23.2 Å². The standard InChI is InChI=1S/C14H8Cl2F3N3O2/c1-22-13(24-11-6-10(23)8(15)5-9(11)16)7(3-2-4-20)12(21-22)14(17,18)19/h2-3,5-6,23H,1H3. The molecule has 5 nitrogen and oxygen atoms in total. The van der Waals surface area contributed by atoms with Gasteiger partial charge in [0.15, 0.2) is 11.4 Å². The lowest BCUT2D eigenvalue weighted by atomic mass is 10.2. The minimum atomic E-state index is -4.75. The number of aryl methyl sites for hydroxylation is 1. The van der Waals surface area contributed by atoms with Crippen molar-refractivity contribution in [1.82, 2.24) is 9.78 Å². The van der Waals surface area contributed by atoms with Crippen LogP contribution in [-0.4, -0.2) is 14.9 Å². The Hall–Kier alpha value is -2.37. The maximum Gasteiger partial charge on any atom is 0.435 e. The molecule has 0 atom stereocenters. The van der Waals surface area contributed by atoms with E-state index in [-0.39, 0.29) is 27.4 Å². The molecule has 2 aromatic rings. The number of hydrogen-bond donors (Lipinski definition) is 1. The number of ether oxygens (including phenoxy) is 1. The summed E-state index contributed by atoms with van der Waals surface area (Å²) in [5.41, 5.74) is -1.67. The van der Waals surface area contributed by atoms with Crippen LogP contribution in [0.3, 0.4) is 0 Å². The average molecular weight is 378 g/mol. The fourth-order valence-corrected chi connectivity index (χ4v) is 2.25. The molecule has 10 heteroatoms. The largest absolute Gasteiger partial charge is 0.506 e. The molecule has 0 fully saturated rings. The van der Waals surface area contributed by atoms with Crippen molar-refractivity contribution in [3.05, 3.63) is 39.5 Å². The smallest absolute Gasteiger partial charge is 0.435 e. The summed E-state index contributed by atoms with van der Waals surface area (Å²) in [5, 5.41) is 21.5. The van der Waals surface area contributed by atoms with Crippen LogP contribution in [-0.2, 0) is 13.2 Å². The molecule has 0 amide bonds. The average Bonchev–Trinajstić information content (AvgIpc) is 2.79. The zero-order valence-electron chi connectivity index (χ0n) is 11.9. The van der Waals surface area contributed by atoms with Crippen LogP contribution in [0.4, 0.5) is 13.2 Å². The van der Waals surface area contributed by atoms with Crippen molar-refractivity contribution >= 4 is 29.3 Å². The van der Waals surface area contributed by atoms with E-state index >= 15 is 0 Å². The highest BCUT2D eigenvalue weighted by Gasteiger charge is 2.39. The van der Waals surface area contributed by atoms with E-state index in [1.54, 1.807) is 6.07 Å². The van der Waals surface area contributed by atoms with Gasteiger partial charge in [-0.3, -0.25) is 0 Å². The van der Waals surface area contributed by atoms with E-state index in [0.717, 1.165) is 22.9 Å². The minimum Gasteiger partial charge on any atom is -0.506 e. The first-order valence-corrected chi connectivity index (χ1v) is 6.97. The summed E-state index contributed by atoms with van der Waals surface area (Å²) in [4.78, 5) is 0. The van der Waals surface area contributed by atoms with Crippen LogP contribution in [0, 0.1) is 11.3 Å². The van der Waals surface area contributed by atoms with Crippen molar-refractivity contribution in [2.45, 2.75) is 6.18 Å². The summed E-state index contributed by atoms with van der Waals surface area (Å²) in [5.74, 6) is -0.789. The van der Waals surface area contributed by atoms with Crippen LogP contribution >= 0.6 is 23.2 Å². The maximum absolute atomic E-state index is 13.1. The first-order valence-electron chi connectivity index (χ1n) is 6.21. The van der Waals surface area contributed by atoms with Crippen LogP contribution in [0.2, 0.25) is 10.0 Å². The van der Waals surface area contributed by atoms with Crippen molar-refractivity contribution in [3.63, 3.8) is 0 Å². The quantitative estimate of drug-likeness (QED) is 0.781. The topological polar surface area (TPSA) is 71.1 Å². The number of phenolic OH excluding ortho intramolecular Hbond substituents is 1. The second-order valence-electron chi connectivity index (χ2n) is 4.49. The van der Waals surface area contributed by atoms with Gasteiger partial charge < -0.3 is 9.84 Å². The van der Waals surface area contributed by atoms with Gasteiger partial charge in [0.25, 0.3) is 0 Å². The molecule has 2 rings (SSSR count). The van der Waals surface area contributed by atoms with Crippen LogP contribution in [0.15, 0.2) is 18.2 Å². The Kier molecular flexibility index (Phi) is 4.96. The Balaban J connectivity index is 2.59. The zero-order chi connectivity index (χ0) is 18.1. The summed E-state index contributed by atoms with van der Waals surface area (Å²) in [6.07, 6.45) is -2.96. The number of nitrogens with zero attached hydrogens (tertiary/aromatic N) is 3.